The average molecular weight is 328 g/mol. The van der Waals surface area contributed by atoms with Crippen molar-refractivity contribution in [2.24, 2.45) is 17.3 Å². The van der Waals surface area contributed by atoms with Crippen molar-refractivity contribution in [3.63, 3.8) is 0 Å². The predicted molar refractivity (Wildman–Crippen MR) is 73.5 cm³/mol. The molecule has 0 atom stereocenters. The number of hydrogen-bond donors (Lipinski definition) is 0. The molecule has 0 aromatic rings. The van der Waals surface area contributed by atoms with Gasteiger partial charge in [-0.25, -0.2) is 0 Å². The van der Waals surface area contributed by atoms with Crippen LogP contribution in [0.15, 0.2) is 0 Å². The summed E-state index contributed by atoms with van der Waals surface area (Å²) in [6, 6.07) is 0. The highest BCUT2D eigenvalue weighted by molar-refractivity contribution is 9.09. The van der Waals surface area contributed by atoms with Gasteiger partial charge in [0.25, 0.3) is 0 Å². The van der Waals surface area contributed by atoms with Gasteiger partial charge in [-0.3, -0.25) is 0 Å². The van der Waals surface area contributed by atoms with Crippen LogP contribution in [0.4, 0.5) is 0 Å². The molecule has 0 nitrogen and oxygen atoms in total. The summed E-state index contributed by atoms with van der Waals surface area (Å²) in [7, 11) is 0. The molecule has 0 unspecified atom stereocenters. The summed E-state index contributed by atoms with van der Waals surface area (Å²) in [5.41, 5.74) is 0.471. The van der Waals surface area contributed by atoms with Gasteiger partial charge < -0.3 is 0 Å². The lowest BCUT2D eigenvalue weighted by atomic mass is 9.79. The normalized spacial score (nSPS) is 12.9. The van der Waals surface area contributed by atoms with Gasteiger partial charge in [-0.2, -0.15) is 0 Å². The predicted octanol–water partition coefficient (Wildman–Crippen LogP) is 5.24. The highest BCUT2D eigenvalue weighted by Crippen LogP contribution is 2.36. The molecule has 86 valence electrons. The molecule has 0 aliphatic heterocycles. The summed E-state index contributed by atoms with van der Waals surface area (Å²) in [5.74, 6) is 1.61. The minimum Gasteiger partial charge on any atom is -0.0922 e. The maximum Gasteiger partial charge on any atom is 0.00960 e. The summed E-state index contributed by atoms with van der Waals surface area (Å²) in [5, 5.41) is 2.24. The number of halogens is 2. The average Bonchev–Trinajstić information content (AvgIpc) is 2.11. The largest absolute Gasteiger partial charge is 0.0922 e. The Hall–Kier alpha value is 0.960. The van der Waals surface area contributed by atoms with E-state index in [1.54, 1.807) is 0 Å². The van der Waals surface area contributed by atoms with Crippen LogP contribution in [0.2, 0.25) is 0 Å². The molecule has 0 spiro atoms. The molecule has 0 aromatic carbocycles. The minimum atomic E-state index is 0.471. The highest BCUT2D eigenvalue weighted by atomic mass is 79.9. The van der Waals surface area contributed by atoms with Crippen molar-refractivity contribution in [1.82, 2.24) is 0 Å². The second kappa shape index (κ2) is 7.27. The third-order valence-electron chi connectivity index (χ3n) is 2.66. The van der Waals surface area contributed by atoms with Crippen molar-refractivity contribution in [3.05, 3.63) is 0 Å². The van der Waals surface area contributed by atoms with E-state index in [0.29, 0.717) is 5.41 Å². The topological polar surface area (TPSA) is 0 Å². The summed E-state index contributed by atoms with van der Waals surface area (Å²) in [6.07, 6.45) is 3.99. The molecule has 0 radical (unpaired) electrons. The number of alkyl halides is 2. The van der Waals surface area contributed by atoms with E-state index in [9.17, 15) is 0 Å². The number of rotatable bonds is 7. The maximum absolute atomic E-state index is 3.68. The van der Waals surface area contributed by atoms with Crippen LogP contribution in [-0.4, -0.2) is 10.7 Å². The third-order valence-corrected chi connectivity index (χ3v) is 5.04. The molecule has 0 heterocycles. The van der Waals surface area contributed by atoms with E-state index in [1.807, 2.05) is 0 Å². The van der Waals surface area contributed by atoms with E-state index in [0.717, 1.165) is 22.5 Å². The van der Waals surface area contributed by atoms with Crippen molar-refractivity contribution in [2.75, 3.05) is 10.7 Å². The lowest BCUT2D eigenvalue weighted by Crippen LogP contribution is -2.27. The van der Waals surface area contributed by atoms with E-state index in [-0.39, 0.29) is 0 Å². The molecule has 0 aliphatic carbocycles. The van der Waals surface area contributed by atoms with Crippen LogP contribution in [0.1, 0.15) is 47.0 Å². The van der Waals surface area contributed by atoms with Crippen LogP contribution in [-0.2, 0) is 0 Å². The molecule has 0 saturated carbocycles. The zero-order valence-corrected chi connectivity index (χ0v) is 13.1. The first kappa shape index (κ1) is 15.0. The third kappa shape index (κ3) is 5.75. The number of hydrogen-bond acceptors (Lipinski definition) is 0. The molecule has 0 bridgehead atoms. The Labute approximate surface area is 106 Å². The van der Waals surface area contributed by atoms with Crippen LogP contribution in [0.5, 0.6) is 0 Å². The van der Waals surface area contributed by atoms with Crippen LogP contribution in [0.3, 0.4) is 0 Å². The van der Waals surface area contributed by atoms with Gasteiger partial charge in [0.1, 0.15) is 0 Å². The van der Waals surface area contributed by atoms with Gasteiger partial charge in [-0.05, 0) is 30.1 Å². The zero-order valence-electron chi connectivity index (χ0n) is 9.95. The fourth-order valence-electron chi connectivity index (χ4n) is 1.84. The molecule has 14 heavy (non-hydrogen) atoms. The molecule has 0 aliphatic rings. The van der Waals surface area contributed by atoms with Gasteiger partial charge in [-0.1, -0.05) is 66.0 Å². The van der Waals surface area contributed by atoms with Crippen LogP contribution >= 0.6 is 31.9 Å². The lowest BCUT2D eigenvalue weighted by molar-refractivity contribution is 0.264. The van der Waals surface area contributed by atoms with Gasteiger partial charge in [0, 0.05) is 10.7 Å². The summed E-state index contributed by atoms with van der Waals surface area (Å²) >= 11 is 7.36. The minimum absolute atomic E-state index is 0.471. The molecule has 2 heteroatoms. The van der Waals surface area contributed by atoms with Crippen LogP contribution < -0.4 is 0 Å². The van der Waals surface area contributed by atoms with Crippen molar-refractivity contribution >= 4 is 31.9 Å². The maximum atomic E-state index is 3.68. The Morgan fingerprint density at radius 2 is 1.43 bits per heavy atom. The lowest BCUT2D eigenvalue weighted by Gasteiger charge is -2.32. The smallest absolute Gasteiger partial charge is 0.00960 e. The van der Waals surface area contributed by atoms with Gasteiger partial charge in [0.05, 0.1) is 0 Å². The van der Waals surface area contributed by atoms with E-state index in [4.69, 9.17) is 0 Å². The second-order valence-corrected chi connectivity index (χ2v) is 6.42. The first-order chi connectivity index (χ1) is 6.45. The fraction of sp³-hybridized carbons (Fsp3) is 1.00. The first-order valence-corrected chi connectivity index (χ1v) is 7.82. The van der Waals surface area contributed by atoms with Gasteiger partial charge in [0.15, 0.2) is 0 Å². The summed E-state index contributed by atoms with van der Waals surface area (Å²) in [4.78, 5) is 0. The zero-order chi connectivity index (χ0) is 11.2. The quantitative estimate of drug-likeness (QED) is 0.560. The first-order valence-electron chi connectivity index (χ1n) is 5.57. The van der Waals surface area contributed by atoms with Gasteiger partial charge in [0.2, 0.25) is 0 Å². The summed E-state index contributed by atoms with van der Waals surface area (Å²) < 4.78 is 0. The highest BCUT2D eigenvalue weighted by Gasteiger charge is 2.28. The molecule has 0 amide bonds. The van der Waals surface area contributed by atoms with E-state index in [2.05, 4.69) is 59.6 Å². The standard InChI is InChI=1S/C12H24Br2/c1-10(2)5-6-12(8-13,9-14)7-11(3)4/h10-11H,5-9H2,1-4H3. The molecule has 0 N–H and O–H groups in total. The van der Waals surface area contributed by atoms with Crippen LogP contribution in [0, 0.1) is 17.3 Å². The van der Waals surface area contributed by atoms with E-state index >= 15 is 0 Å². The van der Waals surface area contributed by atoms with Crippen molar-refractivity contribution in [2.45, 2.75) is 47.0 Å². The second-order valence-electron chi connectivity index (χ2n) is 5.30. The Morgan fingerprint density at radius 3 is 1.71 bits per heavy atom. The summed E-state index contributed by atoms with van der Waals surface area (Å²) in [6.45, 7) is 9.25. The van der Waals surface area contributed by atoms with E-state index in [1.165, 1.54) is 19.3 Å². The molecule has 0 fully saturated rings. The Kier molecular flexibility index (Phi) is 7.77. The van der Waals surface area contributed by atoms with Crippen molar-refractivity contribution < 1.29 is 0 Å². The monoisotopic (exact) mass is 326 g/mol. The molecule has 0 rings (SSSR count). The molecular formula is C12H24Br2. The van der Waals surface area contributed by atoms with Crippen LogP contribution in [0.25, 0.3) is 0 Å². The van der Waals surface area contributed by atoms with Gasteiger partial charge in [-0.15, -0.1) is 0 Å². The van der Waals surface area contributed by atoms with E-state index < -0.39 is 0 Å². The molecule has 0 aromatic heterocycles. The fourth-order valence-corrected chi connectivity index (χ4v) is 3.79. The Morgan fingerprint density at radius 1 is 0.929 bits per heavy atom. The van der Waals surface area contributed by atoms with Gasteiger partial charge >= 0.3 is 0 Å². The van der Waals surface area contributed by atoms with Crippen molar-refractivity contribution in [3.8, 4) is 0 Å². The Bertz CT molecular complexity index is 137. The molecule has 0 saturated heterocycles. The molecular weight excluding hydrogens is 304 g/mol. The Balaban J connectivity index is 4.21. The van der Waals surface area contributed by atoms with Crippen molar-refractivity contribution in [1.29, 1.82) is 0 Å². The SMILES string of the molecule is CC(C)CCC(CBr)(CBr)CC(C)C.